The van der Waals surface area contributed by atoms with Crippen molar-refractivity contribution in [3.8, 4) is 0 Å². The Labute approximate surface area is 107 Å². The van der Waals surface area contributed by atoms with Crippen LogP contribution in [0.2, 0.25) is 0 Å². The molecule has 1 aliphatic heterocycles. The fourth-order valence-electron chi connectivity index (χ4n) is 2.77. The lowest BCUT2D eigenvalue weighted by Gasteiger charge is -2.46. The first-order valence-electron chi connectivity index (χ1n) is 6.99. The van der Waals surface area contributed by atoms with Gasteiger partial charge in [-0.05, 0) is 45.7 Å². The molecule has 102 valence electrons. The number of piperazine rings is 1. The second kappa shape index (κ2) is 6.17. The summed E-state index contributed by atoms with van der Waals surface area (Å²) in [6.45, 7) is 14.8. The van der Waals surface area contributed by atoms with Gasteiger partial charge in [-0.3, -0.25) is 9.80 Å². The van der Waals surface area contributed by atoms with Gasteiger partial charge in [0, 0.05) is 31.7 Å². The van der Waals surface area contributed by atoms with E-state index in [-0.39, 0.29) is 0 Å². The van der Waals surface area contributed by atoms with Crippen LogP contribution in [0.1, 0.15) is 34.1 Å². The van der Waals surface area contributed by atoms with Gasteiger partial charge in [-0.15, -0.1) is 0 Å². The molecular formula is C14H31N3. The molecule has 1 aliphatic rings. The van der Waals surface area contributed by atoms with Gasteiger partial charge in [0.1, 0.15) is 0 Å². The Bertz CT molecular complexity index is 226. The van der Waals surface area contributed by atoms with Gasteiger partial charge in [-0.25, -0.2) is 0 Å². The van der Waals surface area contributed by atoms with E-state index in [9.17, 15) is 0 Å². The lowest BCUT2D eigenvalue weighted by atomic mass is 9.94. The third kappa shape index (κ3) is 4.57. The maximum atomic E-state index is 5.90. The van der Waals surface area contributed by atoms with Gasteiger partial charge in [-0.1, -0.05) is 13.8 Å². The van der Waals surface area contributed by atoms with E-state index in [1.54, 1.807) is 0 Å². The summed E-state index contributed by atoms with van der Waals surface area (Å²) >= 11 is 0. The molecular weight excluding hydrogens is 210 g/mol. The molecule has 17 heavy (non-hydrogen) atoms. The third-order valence-electron chi connectivity index (χ3n) is 4.05. The van der Waals surface area contributed by atoms with Gasteiger partial charge in [0.05, 0.1) is 0 Å². The van der Waals surface area contributed by atoms with Crippen molar-refractivity contribution in [2.75, 3.05) is 39.8 Å². The highest BCUT2D eigenvalue weighted by atomic mass is 15.3. The van der Waals surface area contributed by atoms with Gasteiger partial charge in [0.15, 0.2) is 0 Å². The Kier molecular flexibility index (Phi) is 5.42. The third-order valence-corrected chi connectivity index (χ3v) is 4.05. The van der Waals surface area contributed by atoms with Crippen molar-refractivity contribution in [2.45, 2.75) is 39.7 Å². The number of nitrogens with zero attached hydrogens (tertiary/aromatic N) is 2. The molecule has 1 atom stereocenters. The summed E-state index contributed by atoms with van der Waals surface area (Å²) in [5.74, 6) is 1.42. The molecule has 3 nitrogen and oxygen atoms in total. The van der Waals surface area contributed by atoms with Crippen LogP contribution in [-0.2, 0) is 0 Å². The van der Waals surface area contributed by atoms with E-state index < -0.39 is 0 Å². The molecule has 0 aromatic rings. The van der Waals surface area contributed by atoms with Crippen molar-refractivity contribution < 1.29 is 0 Å². The fourth-order valence-corrected chi connectivity index (χ4v) is 2.77. The summed E-state index contributed by atoms with van der Waals surface area (Å²) in [4.78, 5) is 5.06. The van der Waals surface area contributed by atoms with Gasteiger partial charge in [0.25, 0.3) is 0 Å². The predicted molar refractivity (Wildman–Crippen MR) is 75.1 cm³/mol. The number of nitrogens with two attached hydrogens (primary N) is 1. The molecule has 0 amide bonds. The van der Waals surface area contributed by atoms with E-state index in [4.69, 9.17) is 5.73 Å². The van der Waals surface area contributed by atoms with Crippen LogP contribution < -0.4 is 5.73 Å². The first-order valence-corrected chi connectivity index (χ1v) is 6.99. The zero-order chi connectivity index (χ0) is 13.1. The molecule has 1 saturated heterocycles. The van der Waals surface area contributed by atoms with E-state index in [0.717, 1.165) is 19.0 Å². The molecule has 1 fully saturated rings. The minimum Gasteiger partial charge on any atom is -0.330 e. The number of likely N-dealkylation sites (N-methyl/N-ethyl adjacent to an activating group) is 1. The van der Waals surface area contributed by atoms with Crippen LogP contribution in [0, 0.1) is 11.8 Å². The maximum Gasteiger partial charge on any atom is 0.0277 e. The van der Waals surface area contributed by atoms with E-state index in [0.29, 0.717) is 11.5 Å². The standard InChI is InChI=1S/C14H31N3/c1-12(2)8-13(9-15)10-17-7-6-16(5)14(3,4)11-17/h12-13H,6-11,15H2,1-5H3. The average molecular weight is 241 g/mol. The molecule has 3 heteroatoms. The average Bonchev–Trinajstić information content (AvgIpc) is 2.21. The van der Waals surface area contributed by atoms with E-state index in [1.807, 2.05) is 0 Å². The van der Waals surface area contributed by atoms with E-state index in [2.05, 4.69) is 44.5 Å². The van der Waals surface area contributed by atoms with Crippen LogP contribution >= 0.6 is 0 Å². The number of hydrogen-bond acceptors (Lipinski definition) is 3. The number of hydrogen-bond donors (Lipinski definition) is 1. The number of rotatable bonds is 5. The Morgan fingerprint density at radius 2 is 1.88 bits per heavy atom. The lowest BCUT2D eigenvalue weighted by molar-refractivity contribution is 0.0311. The van der Waals surface area contributed by atoms with Crippen molar-refractivity contribution in [1.29, 1.82) is 0 Å². The fraction of sp³-hybridized carbons (Fsp3) is 1.00. The summed E-state index contributed by atoms with van der Waals surface area (Å²) in [6, 6.07) is 0. The Morgan fingerprint density at radius 1 is 1.24 bits per heavy atom. The zero-order valence-electron chi connectivity index (χ0n) is 12.4. The van der Waals surface area contributed by atoms with Crippen molar-refractivity contribution in [3.63, 3.8) is 0 Å². The molecule has 0 saturated carbocycles. The predicted octanol–water partition coefficient (Wildman–Crippen LogP) is 1.63. The molecule has 0 aromatic heterocycles. The largest absolute Gasteiger partial charge is 0.330 e. The summed E-state index contributed by atoms with van der Waals surface area (Å²) in [5, 5.41) is 0. The molecule has 0 radical (unpaired) electrons. The van der Waals surface area contributed by atoms with Crippen LogP contribution in [0.4, 0.5) is 0 Å². The van der Waals surface area contributed by atoms with Crippen LogP contribution in [0.5, 0.6) is 0 Å². The first-order chi connectivity index (χ1) is 7.85. The smallest absolute Gasteiger partial charge is 0.0277 e. The normalized spacial score (nSPS) is 24.2. The molecule has 1 unspecified atom stereocenters. The molecule has 1 rings (SSSR count). The summed E-state index contributed by atoms with van der Waals surface area (Å²) in [7, 11) is 2.23. The summed E-state index contributed by atoms with van der Waals surface area (Å²) in [5.41, 5.74) is 6.20. The van der Waals surface area contributed by atoms with Gasteiger partial charge >= 0.3 is 0 Å². The minimum atomic E-state index is 0.301. The highest BCUT2D eigenvalue weighted by molar-refractivity contribution is 4.88. The SMILES string of the molecule is CC(C)CC(CN)CN1CCN(C)C(C)(C)C1. The second-order valence-electron chi connectivity index (χ2n) is 6.70. The molecule has 0 aliphatic carbocycles. The van der Waals surface area contributed by atoms with Crippen molar-refractivity contribution >= 4 is 0 Å². The monoisotopic (exact) mass is 241 g/mol. The summed E-state index contributed by atoms with van der Waals surface area (Å²) < 4.78 is 0. The van der Waals surface area contributed by atoms with Crippen LogP contribution in [0.3, 0.4) is 0 Å². The minimum absolute atomic E-state index is 0.301. The molecule has 1 heterocycles. The van der Waals surface area contributed by atoms with Gasteiger partial charge < -0.3 is 5.73 Å². The van der Waals surface area contributed by atoms with E-state index >= 15 is 0 Å². The van der Waals surface area contributed by atoms with Crippen LogP contribution in [-0.4, -0.2) is 55.1 Å². The van der Waals surface area contributed by atoms with Gasteiger partial charge in [-0.2, -0.15) is 0 Å². The van der Waals surface area contributed by atoms with E-state index in [1.165, 1.54) is 26.1 Å². The molecule has 0 bridgehead atoms. The molecule has 2 N–H and O–H groups in total. The molecule has 0 aromatic carbocycles. The topological polar surface area (TPSA) is 32.5 Å². The van der Waals surface area contributed by atoms with Gasteiger partial charge in [0.2, 0.25) is 0 Å². The van der Waals surface area contributed by atoms with Crippen LogP contribution in [0.25, 0.3) is 0 Å². The van der Waals surface area contributed by atoms with Crippen molar-refractivity contribution in [1.82, 2.24) is 9.80 Å². The maximum absolute atomic E-state index is 5.90. The zero-order valence-corrected chi connectivity index (χ0v) is 12.4. The van der Waals surface area contributed by atoms with Crippen LogP contribution in [0.15, 0.2) is 0 Å². The van der Waals surface area contributed by atoms with Crippen molar-refractivity contribution in [3.05, 3.63) is 0 Å². The Balaban J connectivity index is 2.46. The highest BCUT2D eigenvalue weighted by Crippen LogP contribution is 2.21. The quantitative estimate of drug-likeness (QED) is 0.794. The highest BCUT2D eigenvalue weighted by Gasteiger charge is 2.31. The lowest BCUT2D eigenvalue weighted by Crippen LogP contribution is -2.58. The van der Waals surface area contributed by atoms with Crippen molar-refractivity contribution in [2.24, 2.45) is 17.6 Å². The Hall–Kier alpha value is -0.120. The summed E-state index contributed by atoms with van der Waals surface area (Å²) in [6.07, 6.45) is 1.25. The second-order valence-corrected chi connectivity index (χ2v) is 6.70. The Morgan fingerprint density at radius 3 is 2.35 bits per heavy atom. The molecule has 0 spiro atoms. The first kappa shape index (κ1) is 14.9.